The number of nitrogens with one attached hydrogen (secondary N) is 1. The highest BCUT2D eigenvalue weighted by molar-refractivity contribution is 7.18. The number of carbonyl (C=O) groups excluding carboxylic acids is 1. The maximum atomic E-state index is 11.7. The first-order chi connectivity index (χ1) is 18.9. The Hall–Kier alpha value is -3.88. The number of anilines is 2. The monoisotopic (exact) mass is 542 g/mol. The molecule has 0 radical (unpaired) electrons. The van der Waals surface area contributed by atoms with Gasteiger partial charge in [-0.2, -0.15) is 10.4 Å². The molecular formula is C28H30N8O2S. The summed E-state index contributed by atoms with van der Waals surface area (Å²) in [5, 5.41) is 28.1. The van der Waals surface area contributed by atoms with Crippen molar-refractivity contribution in [3.63, 3.8) is 0 Å². The van der Waals surface area contributed by atoms with E-state index in [9.17, 15) is 10.1 Å². The third-order valence-corrected chi connectivity index (χ3v) is 8.27. The van der Waals surface area contributed by atoms with E-state index in [4.69, 9.17) is 9.72 Å². The average molecular weight is 543 g/mol. The lowest BCUT2D eigenvalue weighted by atomic mass is 9.82. The second-order valence-corrected chi connectivity index (χ2v) is 11.7. The number of fused-ring (bicyclic) bond motifs is 3. The minimum absolute atomic E-state index is 0.198. The molecule has 2 bridgehead atoms. The molecule has 6 heterocycles. The normalized spacial score (nSPS) is 20.8. The number of hydrogen-bond donors (Lipinski definition) is 1. The number of pyridine rings is 1. The van der Waals surface area contributed by atoms with Crippen LogP contribution in [0.15, 0.2) is 36.7 Å². The van der Waals surface area contributed by atoms with Gasteiger partial charge in [0.2, 0.25) is 5.13 Å². The Bertz CT molecular complexity index is 1560. The first-order valence-electron chi connectivity index (χ1n) is 13.2. The topological polar surface area (TPSA) is 121 Å². The van der Waals surface area contributed by atoms with Crippen LogP contribution in [-0.2, 0) is 9.53 Å². The van der Waals surface area contributed by atoms with E-state index in [0.29, 0.717) is 31.1 Å². The maximum absolute atomic E-state index is 11.7. The molecular weight excluding hydrogens is 512 g/mol. The van der Waals surface area contributed by atoms with E-state index in [1.165, 1.54) is 0 Å². The zero-order chi connectivity index (χ0) is 27.1. The predicted molar refractivity (Wildman–Crippen MR) is 150 cm³/mol. The molecule has 6 rings (SSSR count). The molecule has 2 fully saturated rings. The van der Waals surface area contributed by atoms with Gasteiger partial charge in [0.05, 0.1) is 59.5 Å². The van der Waals surface area contributed by atoms with Gasteiger partial charge in [-0.15, -0.1) is 10.2 Å². The van der Waals surface area contributed by atoms with E-state index in [-0.39, 0.29) is 23.9 Å². The van der Waals surface area contributed by atoms with E-state index in [1.54, 1.807) is 29.0 Å². The van der Waals surface area contributed by atoms with Gasteiger partial charge in [0.15, 0.2) is 5.01 Å². The number of carbonyl (C=O) groups is 1. The molecule has 0 aliphatic carbocycles. The average Bonchev–Trinajstić information content (AvgIpc) is 3.54. The van der Waals surface area contributed by atoms with Crippen molar-refractivity contribution in [3.05, 3.63) is 42.2 Å². The van der Waals surface area contributed by atoms with Crippen molar-refractivity contribution in [1.29, 1.82) is 5.26 Å². The minimum Gasteiger partial charge on any atom is -0.382 e. The van der Waals surface area contributed by atoms with Crippen LogP contribution in [0.5, 0.6) is 0 Å². The third-order valence-electron chi connectivity index (χ3n) is 7.30. The van der Waals surface area contributed by atoms with Crippen LogP contribution in [0.3, 0.4) is 0 Å². The van der Waals surface area contributed by atoms with Crippen LogP contribution in [0.1, 0.15) is 45.6 Å². The summed E-state index contributed by atoms with van der Waals surface area (Å²) < 4.78 is 7.67. The number of hydrogen-bond acceptors (Lipinski definition) is 10. The van der Waals surface area contributed by atoms with Gasteiger partial charge in [0, 0.05) is 24.3 Å². The number of nitrogens with zero attached hydrogens (tertiary/aromatic N) is 7. The summed E-state index contributed by atoms with van der Waals surface area (Å²) in [6.45, 7) is 7.16. The number of rotatable bonds is 7. The SMILES string of the molecule is CC(=O)CC1CC2COCC(C1)N2c1nnc(-c2cnc(-c3ccc4cc(C#N)cnn34)cc2NC(C)C)s1. The molecule has 4 aromatic heterocycles. The highest BCUT2D eigenvalue weighted by Crippen LogP contribution is 2.41. The van der Waals surface area contributed by atoms with Gasteiger partial charge in [-0.25, -0.2) is 4.52 Å². The van der Waals surface area contributed by atoms with Gasteiger partial charge < -0.3 is 19.7 Å². The Kier molecular flexibility index (Phi) is 6.74. The van der Waals surface area contributed by atoms with Crippen LogP contribution in [0.2, 0.25) is 0 Å². The standard InChI is InChI=1S/C28H30N8O2S/c1-16(2)32-24-10-25(26-5-4-20-9-19(11-29)12-31-36(20)26)30-13-23(24)27-33-34-28(39-27)35-21-7-18(6-17(3)37)8-22(35)15-38-14-21/h4-5,9-10,12-13,16,18,21-22H,6-8,14-15H2,1-3H3,(H,30,32). The number of aromatic nitrogens is 5. The first kappa shape index (κ1) is 25.4. The predicted octanol–water partition coefficient (Wildman–Crippen LogP) is 4.57. The second-order valence-electron chi connectivity index (χ2n) is 10.7. The smallest absolute Gasteiger partial charge is 0.209 e. The molecule has 10 nitrogen and oxygen atoms in total. The van der Waals surface area contributed by atoms with Crippen LogP contribution in [-0.4, -0.2) is 61.9 Å². The molecule has 11 heteroatoms. The molecule has 0 amide bonds. The third kappa shape index (κ3) is 4.97. The fourth-order valence-electron chi connectivity index (χ4n) is 5.79. The van der Waals surface area contributed by atoms with E-state index >= 15 is 0 Å². The van der Waals surface area contributed by atoms with Gasteiger partial charge in [0.25, 0.3) is 0 Å². The fraction of sp³-hybridized carbons (Fsp3) is 0.429. The lowest BCUT2D eigenvalue weighted by Crippen LogP contribution is -2.57. The molecule has 200 valence electrons. The van der Waals surface area contributed by atoms with E-state index < -0.39 is 0 Å². The van der Waals surface area contributed by atoms with Crippen molar-refractivity contribution < 1.29 is 9.53 Å². The van der Waals surface area contributed by atoms with Gasteiger partial charge >= 0.3 is 0 Å². The van der Waals surface area contributed by atoms with Crippen LogP contribution in [0, 0.1) is 17.2 Å². The van der Waals surface area contributed by atoms with Crippen molar-refractivity contribution in [2.75, 3.05) is 23.4 Å². The molecule has 2 aliphatic heterocycles. The number of piperidine rings is 1. The molecule has 1 N–H and O–H groups in total. The Morgan fingerprint density at radius 3 is 2.72 bits per heavy atom. The molecule has 0 saturated carbocycles. The minimum atomic E-state index is 0.198. The van der Waals surface area contributed by atoms with Crippen LogP contribution in [0.25, 0.3) is 27.5 Å². The van der Waals surface area contributed by atoms with E-state index in [0.717, 1.165) is 51.1 Å². The molecule has 2 aliphatic rings. The highest BCUT2D eigenvalue weighted by Gasteiger charge is 2.41. The van der Waals surface area contributed by atoms with Crippen LogP contribution < -0.4 is 10.2 Å². The van der Waals surface area contributed by atoms with E-state index in [1.807, 2.05) is 30.5 Å². The van der Waals surface area contributed by atoms with Crippen molar-refractivity contribution in [2.24, 2.45) is 5.92 Å². The number of morpholine rings is 1. The van der Waals surface area contributed by atoms with Gasteiger partial charge in [-0.1, -0.05) is 11.3 Å². The molecule has 2 unspecified atom stereocenters. The van der Waals surface area contributed by atoms with Crippen molar-refractivity contribution in [2.45, 2.75) is 58.2 Å². The molecule has 4 aromatic rings. The van der Waals surface area contributed by atoms with Crippen molar-refractivity contribution in [1.82, 2.24) is 24.8 Å². The number of ketones is 1. The Morgan fingerprint density at radius 1 is 1.21 bits per heavy atom. The van der Waals surface area contributed by atoms with Crippen molar-refractivity contribution in [3.8, 4) is 28.0 Å². The Balaban J connectivity index is 1.32. The Labute approximate surface area is 230 Å². The van der Waals surface area contributed by atoms with E-state index in [2.05, 4.69) is 45.4 Å². The summed E-state index contributed by atoms with van der Waals surface area (Å²) in [6, 6.07) is 10.5. The summed E-state index contributed by atoms with van der Waals surface area (Å²) in [7, 11) is 0. The summed E-state index contributed by atoms with van der Waals surface area (Å²) in [5.74, 6) is 0.650. The molecule has 0 aromatic carbocycles. The largest absolute Gasteiger partial charge is 0.382 e. The maximum Gasteiger partial charge on any atom is 0.209 e. The quantitative estimate of drug-likeness (QED) is 0.358. The summed E-state index contributed by atoms with van der Waals surface area (Å²) in [5.41, 5.74) is 4.77. The van der Waals surface area contributed by atoms with Gasteiger partial charge in [0.1, 0.15) is 11.9 Å². The summed E-state index contributed by atoms with van der Waals surface area (Å²) in [4.78, 5) is 18.9. The number of ether oxygens (including phenoxy) is 1. The number of Topliss-reactive ketones (excluding diaryl/α,β-unsaturated/α-hetero) is 1. The molecule has 0 spiro atoms. The van der Waals surface area contributed by atoms with Crippen molar-refractivity contribution >= 4 is 33.5 Å². The molecule has 2 saturated heterocycles. The first-order valence-corrected chi connectivity index (χ1v) is 14.1. The van der Waals surface area contributed by atoms with Crippen LogP contribution >= 0.6 is 11.3 Å². The molecule has 2 atom stereocenters. The fourth-order valence-corrected chi connectivity index (χ4v) is 6.81. The highest BCUT2D eigenvalue weighted by atomic mass is 32.1. The number of nitriles is 1. The lowest BCUT2D eigenvalue weighted by molar-refractivity contribution is -0.118. The zero-order valence-electron chi connectivity index (χ0n) is 22.2. The summed E-state index contributed by atoms with van der Waals surface area (Å²) >= 11 is 1.57. The lowest BCUT2D eigenvalue weighted by Gasteiger charge is -2.48. The van der Waals surface area contributed by atoms with Crippen LogP contribution in [0.4, 0.5) is 10.8 Å². The van der Waals surface area contributed by atoms with Gasteiger partial charge in [-0.3, -0.25) is 4.98 Å². The Morgan fingerprint density at radius 2 is 2.00 bits per heavy atom. The van der Waals surface area contributed by atoms with Gasteiger partial charge in [-0.05, 0) is 63.8 Å². The molecule has 39 heavy (non-hydrogen) atoms. The second kappa shape index (κ2) is 10.4. The summed E-state index contributed by atoms with van der Waals surface area (Å²) in [6.07, 6.45) is 5.89. The zero-order valence-corrected chi connectivity index (χ0v) is 23.0.